The molecule has 15 heavy (non-hydrogen) atoms. The van der Waals surface area contributed by atoms with Crippen LogP contribution in [0.15, 0.2) is 29.2 Å². The smallest absolute Gasteiger partial charge is 0.181 e. The number of aryl methyl sites for hydroxylation is 1. The minimum Gasteiger partial charge on any atom is -0.396 e. The zero-order valence-corrected chi connectivity index (χ0v) is 9.37. The van der Waals surface area contributed by atoms with Crippen LogP contribution in [0, 0.1) is 12.8 Å². The van der Waals surface area contributed by atoms with Gasteiger partial charge in [0.2, 0.25) is 0 Å². The lowest BCUT2D eigenvalue weighted by atomic mass is 10.2. The number of benzene rings is 1. The highest BCUT2D eigenvalue weighted by molar-refractivity contribution is 7.92. The van der Waals surface area contributed by atoms with Gasteiger partial charge < -0.3 is 5.11 Å². The molecule has 0 aromatic heterocycles. The molecule has 0 heterocycles. The van der Waals surface area contributed by atoms with Crippen LogP contribution in [0.2, 0.25) is 0 Å². The summed E-state index contributed by atoms with van der Waals surface area (Å²) >= 11 is 0. The van der Waals surface area contributed by atoms with E-state index in [-0.39, 0.29) is 17.8 Å². The first kappa shape index (κ1) is 10.6. The number of aliphatic hydroxyl groups is 1. The molecule has 2 atom stereocenters. The fourth-order valence-electron chi connectivity index (χ4n) is 1.69. The summed E-state index contributed by atoms with van der Waals surface area (Å²) in [5, 5.41) is 8.50. The Labute approximate surface area is 89.7 Å². The summed E-state index contributed by atoms with van der Waals surface area (Å²) in [6.45, 7) is 1.89. The van der Waals surface area contributed by atoms with E-state index in [1.54, 1.807) is 24.3 Å². The molecular formula is C11H14O3S. The Morgan fingerprint density at radius 3 is 2.40 bits per heavy atom. The summed E-state index contributed by atoms with van der Waals surface area (Å²) in [5.41, 5.74) is 1.04. The third kappa shape index (κ3) is 1.92. The molecule has 4 heteroatoms. The molecule has 1 aromatic rings. The number of aliphatic hydroxyl groups excluding tert-OH is 1. The second-order valence-electron chi connectivity index (χ2n) is 4.07. The normalized spacial score (nSPS) is 25.2. The summed E-state index contributed by atoms with van der Waals surface area (Å²) in [6, 6.07) is 6.86. The van der Waals surface area contributed by atoms with Crippen molar-refractivity contribution in [3.05, 3.63) is 29.8 Å². The molecule has 3 nitrogen and oxygen atoms in total. The van der Waals surface area contributed by atoms with Crippen molar-refractivity contribution in [1.29, 1.82) is 0 Å². The molecule has 1 aromatic carbocycles. The second-order valence-corrected chi connectivity index (χ2v) is 6.24. The molecule has 1 N–H and O–H groups in total. The van der Waals surface area contributed by atoms with Gasteiger partial charge in [-0.15, -0.1) is 0 Å². The van der Waals surface area contributed by atoms with E-state index >= 15 is 0 Å². The van der Waals surface area contributed by atoms with Crippen LogP contribution in [0.5, 0.6) is 0 Å². The maximum absolute atomic E-state index is 12.0. The molecule has 1 aliphatic carbocycles. The van der Waals surface area contributed by atoms with E-state index in [0.29, 0.717) is 11.3 Å². The summed E-state index contributed by atoms with van der Waals surface area (Å²) in [4.78, 5) is 0.369. The van der Waals surface area contributed by atoms with Gasteiger partial charge in [0.05, 0.1) is 10.1 Å². The van der Waals surface area contributed by atoms with Crippen LogP contribution in [0.25, 0.3) is 0 Å². The Balaban J connectivity index is 2.27. The molecule has 1 fully saturated rings. The largest absolute Gasteiger partial charge is 0.396 e. The zero-order chi connectivity index (χ0) is 11.1. The van der Waals surface area contributed by atoms with Gasteiger partial charge >= 0.3 is 0 Å². The van der Waals surface area contributed by atoms with Gasteiger partial charge in [0.15, 0.2) is 9.84 Å². The van der Waals surface area contributed by atoms with Crippen LogP contribution in [0.4, 0.5) is 0 Å². The van der Waals surface area contributed by atoms with E-state index in [4.69, 9.17) is 5.11 Å². The monoisotopic (exact) mass is 226 g/mol. The van der Waals surface area contributed by atoms with Crippen molar-refractivity contribution in [3.63, 3.8) is 0 Å². The van der Waals surface area contributed by atoms with Gasteiger partial charge in [-0.05, 0) is 25.5 Å². The molecule has 0 unspecified atom stereocenters. The predicted molar refractivity (Wildman–Crippen MR) is 57.3 cm³/mol. The summed E-state index contributed by atoms with van der Waals surface area (Å²) in [7, 11) is -3.20. The van der Waals surface area contributed by atoms with E-state index in [9.17, 15) is 8.42 Å². The Kier molecular flexibility index (Phi) is 2.56. The first-order valence-corrected chi connectivity index (χ1v) is 6.52. The fourth-order valence-corrected chi connectivity index (χ4v) is 3.65. The van der Waals surface area contributed by atoms with Crippen molar-refractivity contribution in [2.24, 2.45) is 5.92 Å². The number of rotatable bonds is 3. The van der Waals surface area contributed by atoms with Crippen LogP contribution in [0.1, 0.15) is 12.0 Å². The molecule has 0 aliphatic heterocycles. The first-order chi connectivity index (χ1) is 7.05. The number of hydrogen-bond donors (Lipinski definition) is 1. The molecule has 0 saturated heterocycles. The van der Waals surface area contributed by atoms with Crippen molar-refractivity contribution in [2.45, 2.75) is 23.5 Å². The van der Waals surface area contributed by atoms with Crippen molar-refractivity contribution < 1.29 is 13.5 Å². The first-order valence-electron chi connectivity index (χ1n) is 4.97. The van der Waals surface area contributed by atoms with Gasteiger partial charge in [0, 0.05) is 12.5 Å². The standard InChI is InChI=1S/C11H14O3S/c1-8-2-4-10(5-3-8)15(13,14)11-6-9(11)7-12/h2-5,9,11-12H,6-7H2,1H3/t9-,11+/m1/s1. The highest BCUT2D eigenvalue weighted by Gasteiger charge is 2.47. The molecule has 0 amide bonds. The minimum atomic E-state index is -3.20. The van der Waals surface area contributed by atoms with Crippen molar-refractivity contribution in [3.8, 4) is 0 Å². The fraction of sp³-hybridized carbons (Fsp3) is 0.455. The van der Waals surface area contributed by atoms with Crippen LogP contribution >= 0.6 is 0 Å². The number of sulfone groups is 1. The summed E-state index contributed by atoms with van der Waals surface area (Å²) in [6.07, 6.45) is 0.590. The third-order valence-corrected chi connectivity index (χ3v) is 5.14. The SMILES string of the molecule is Cc1ccc(S(=O)(=O)[C@H]2C[C@@H]2CO)cc1. The molecule has 0 spiro atoms. The van der Waals surface area contributed by atoms with E-state index < -0.39 is 9.84 Å². The average Bonchev–Trinajstić information content (AvgIpc) is 2.98. The maximum atomic E-state index is 12.0. The lowest BCUT2D eigenvalue weighted by Gasteiger charge is -2.03. The van der Waals surface area contributed by atoms with E-state index in [0.717, 1.165) is 5.56 Å². The Hall–Kier alpha value is -0.870. The topological polar surface area (TPSA) is 54.4 Å². The quantitative estimate of drug-likeness (QED) is 0.841. The van der Waals surface area contributed by atoms with E-state index in [2.05, 4.69) is 0 Å². The Morgan fingerprint density at radius 2 is 1.93 bits per heavy atom. The highest BCUT2D eigenvalue weighted by atomic mass is 32.2. The average molecular weight is 226 g/mol. The van der Waals surface area contributed by atoms with Gasteiger partial charge in [-0.25, -0.2) is 8.42 Å². The van der Waals surface area contributed by atoms with Crippen LogP contribution in [-0.2, 0) is 9.84 Å². The van der Waals surface area contributed by atoms with Gasteiger partial charge in [-0.1, -0.05) is 17.7 Å². The Bertz CT molecular complexity index is 447. The molecule has 82 valence electrons. The second kappa shape index (κ2) is 3.61. The van der Waals surface area contributed by atoms with Crippen LogP contribution < -0.4 is 0 Å². The summed E-state index contributed by atoms with van der Waals surface area (Å²) < 4.78 is 23.9. The molecule has 1 aliphatic rings. The van der Waals surface area contributed by atoms with Gasteiger partial charge in [0.1, 0.15) is 0 Å². The summed E-state index contributed by atoms with van der Waals surface area (Å²) in [5.74, 6) is -0.0590. The predicted octanol–water partition coefficient (Wildman–Crippen LogP) is 1.15. The van der Waals surface area contributed by atoms with Crippen LogP contribution in [-0.4, -0.2) is 25.4 Å². The lowest BCUT2D eigenvalue weighted by Crippen LogP contribution is -2.10. The highest BCUT2D eigenvalue weighted by Crippen LogP contribution is 2.39. The van der Waals surface area contributed by atoms with Crippen molar-refractivity contribution in [2.75, 3.05) is 6.61 Å². The van der Waals surface area contributed by atoms with Gasteiger partial charge in [0.25, 0.3) is 0 Å². The molecule has 0 radical (unpaired) electrons. The van der Waals surface area contributed by atoms with E-state index in [1.807, 2.05) is 6.92 Å². The van der Waals surface area contributed by atoms with Crippen LogP contribution in [0.3, 0.4) is 0 Å². The van der Waals surface area contributed by atoms with Gasteiger partial charge in [-0.2, -0.15) is 0 Å². The van der Waals surface area contributed by atoms with E-state index in [1.165, 1.54) is 0 Å². The third-order valence-electron chi connectivity index (χ3n) is 2.84. The number of hydrogen-bond acceptors (Lipinski definition) is 3. The zero-order valence-electron chi connectivity index (χ0n) is 8.55. The minimum absolute atomic E-state index is 0.0320. The Morgan fingerprint density at radius 1 is 1.33 bits per heavy atom. The molecule has 0 bridgehead atoms. The molecule has 2 rings (SSSR count). The molecular weight excluding hydrogens is 212 g/mol. The maximum Gasteiger partial charge on any atom is 0.181 e. The lowest BCUT2D eigenvalue weighted by molar-refractivity contribution is 0.277. The van der Waals surface area contributed by atoms with Gasteiger partial charge in [-0.3, -0.25) is 0 Å². The van der Waals surface area contributed by atoms with Crippen molar-refractivity contribution in [1.82, 2.24) is 0 Å². The molecule has 1 saturated carbocycles. The van der Waals surface area contributed by atoms with Crippen molar-refractivity contribution >= 4 is 9.84 Å².